The molecule has 2 N–H and O–H groups in total. The monoisotopic (exact) mass is 240 g/mol. The molecule has 3 aromatic rings. The summed E-state index contributed by atoms with van der Waals surface area (Å²) in [5.74, 6) is 0.687. The highest BCUT2D eigenvalue weighted by Gasteiger charge is 2.12. The zero-order valence-electron chi connectivity index (χ0n) is 9.19. The van der Waals surface area contributed by atoms with Gasteiger partial charge in [-0.15, -0.1) is 0 Å². The van der Waals surface area contributed by atoms with Gasteiger partial charge in [-0.3, -0.25) is 4.98 Å². The number of nitrogens with zero attached hydrogens (tertiary/aromatic N) is 5. The molecule has 0 aliphatic carbocycles. The largest absolute Gasteiger partial charge is 0.397 e. The Labute approximate surface area is 102 Å². The molecule has 88 valence electrons. The number of anilines is 1. The van der Waals surface area contributed by atoms with E-state index in [-0.39, 0.29) is 0 Å². The van der Waals surface area contributed by atoms with Gasteiger partial charge in [0, 0.05) is 12.4 Å². The van der Waals surface area contributed by atoms with E-state index in [0.717, 1.165) is 0 Å². The summed E-state index contributed by atoms with van der Waals surface area (Å²) in [4.78, 5) is 16.3. The van der Waals surface area contributed by atoms with Crippen LogP contribution in [0.1, 0.15) is 0 Å². The summed E-state index contributed by atoms with van der Waals surface area (Å²) < 4.78 is 5.11. The fraction of sp³-hybridized carbons (Fsp3) is 0. The molecule has 0 bridgehead atoms. The highest BCUT2D eigenvalue weighted by Crippen LogP contribution is 2.19. The van der Waals surface area contributed by atoms with Crippen LogP contribution in [0.4, 0.5) is 5.69 Å². The van der Waals surface area contributed by atoms with E-state index in [1.165, 1.54) is 6.20 Å². The van der Waals surface area contributed by atoms with Crippen molar-refractivity contribution in [2.45, 2.75) is 0 Å². The number of hydrogen-bond donors (Lipinski definition) is 1. The van der Waals surface area contributed by atoms with Gasteiger partial charge in [0.25, 0.3) is 5.89 Å². The molecule has 0 aromatic carbocycles. The minimum Gasteiger partial charge on any atom is -0.397 e. The predicted octanol–water partition coefficient (Wildman–Crippen LogP) is 1.17. The van der Waals surface area contributed by atoms with E-state index in [2.05, 4.69) is 25.1 Å². The summed E-state index contributed by atoms with van der Waals surface area (Å²) in [5, 5.41) is 3.83. The highest BCUT2D eigenvalue weighted by atomic mass is 16.5. The molecular formula is C11H8N6O. The number of nitrogen functional groups attached to an aromatic ring is 1. The molecule has 0 amide bonds. The van der Waals surface area contributed by atoms with Gasteiger partial charge in [0.15, 0.2) is 0 Å². The van der Waals surface area contributed by atoms with E-state index in [4.69, 9.17) is 10.3 Å². The molecule has 0 saturated heterocycles. The SMILES string of the molecule is Nc1ccc(-c2nc(-c3cnccn3)no2)nc1. The van der Waals surface area contributed by atoms with E-state index in [1.54, 1.807) is 30.7 Å². The van der Waals surface area contributed by atoms with Crippen LogP contribution in [0, 0.1) is 0 Å². The topological polar surface area (TPSA) is 104 Å². The first-order valence-electron chi connectivity index (χ1n) is 5.15. The Morgan fingerprint density at radius 2 is 1.94 bits per heavy atom. The van der Waals surface area contributed by atoms with E-state index in [9.17, 15) is 0 Å². The Kier molecular flexibility index (Phi) is 2.41. The molecule has 3 rings (SSSR count). The molecular weight excluding hydrogens is 232 g/mol. The average Bonchev–Trinajstić information content (AvgIpc) is 2.90. The summed E-state index contributed by atoms with van der Waals surface area (Å²) in [6, 6.07) is 3.43. The molecule has 0 atom stereocenters. The molecule has 0 aliphatic heterocycles. The van der Waals surface area contributed by atoms with Crippen LogP contribution in [0.25, 0.3) is 23.1 Å². The van der Waals surface area contributed by atoms with Crippen molar-refractivity contribution in [1.82, 2.24) is 25.1 Å². The summed E-state index contributed by atoms with van der Waals surface area (Å²) in [5.41, 5.74) is 7.24. The van der Waals surface area contributed by atoms with Gasteiger partial charge >= 0.3 is 0 Å². The van der Waals surface area contributed by atoms with Crippen molar-refractivity contribution >= 4 is 5.69 Å². The maximum absolute atomic E-state index is 5.55. The first-order valence-corrected chi connectivity index (χ1v) is 5.15. The van der Waals surface area contributed by atoms with Gasteiger partial charge in [0.05, 0.1) is 18.1 Å². The first kappa shape index (κ1) is 10.3. The Bertz CT molecular complexity index is 649. The van der Waals surface area contributed by atoms with E-state index in [0.29, 0.717) is 28.8 Å². The van der Waals surface area contributed by atoms with E-state index < -0.39 is 0 Å². The van der Waals surface area contributed by atoms with Crippen LogP contribution in [0.2, 0.25) is 0 Å². The third kappa shape index (κ3) is 1.88. The molecule has 0 fully saturated rings. The molecule has 0 saturated carbocycles. The second kappa shape index (κ2) is 4.21. The Morgan fingerprint density at radius 3 is 2.67 bits per heavy atom. The van der Waals surface area contributed by atoms with Crippen LogP contribution >= 0.6 is 0 Å². The molecule has 0 aliphatic rings. The molecule has 0 spiro atoms. The molecule has 0 radical (unpaired) electrons. The zero-order valence-corrected chi connectivity index (χ0v) is 9.19. The van der Waals surface area contributed by atoms with Crippen LogP contribution in [-0.2, 0) is 0 Å². The number of nitrogens with two attached hydrogens (primary N) is 1. The lowest BCUT2D eigenvalue weighted by molar-refractivity contribution is 0.431. The summed E-state index contributed by atoms with van der Waals surface area (Å²) >= 11 is 0. The van der Waals surface area contributed by atoms with E-state index in [1.807, 2.05) is 0 Å². The minimum absolute atomic E-state index is 0.315. The molecule has 0 unspecified atom stereocenters. The van der Waals surface area contributed by atoms with Crippen molar-refractivity contribution in [1.29, 1.82) is 0 Å². The molecule has 7 heteroatoms. The molecule has 7 nitrogen and oxygen atoms in total. The lowest BCUT2D eigenvalue weighted by Gasteiger charge is -1.93. The van der Waals surface area contributed by atoms with E-state index >= 15 is 0 Å². The van der Waals surface area contributed by atoms with Crippen LogP contribution in [0.15, 0.2) is 41.4 Å². The fourth-order valence-corrected chi connectivity index (χ4v) is 1.38. The fourth-order valence-electron chi connectivity index (χ4n) is 1.38. The average molecular weight is 240 g/mol. The quantitative estimate of drug-likeness (QED) is 0.716. The molecule has 18 heavy (non-hydrogen) atoms. The Hall–Kier alpha value is -2.83. The summed E-state index contributed by atoms with van der Waals surface area (Å²) in [7, 11) is 0. The van der Waals surface area contributed by atoms with Gasteiger partial charge in [-0.2, -0.15) is 4.98 Å². The van der Waals surface area contributed by atoms with Crippen LogP contribution in [0.3, 0.4) is 0 Å². The second-order valence-electron chi connectivity index (χ2n) is 3.49. The Balaban J connectivity index is 1.97. The van der Waals surface area contributed by atoms with Crippen molar-refractivity contribution in [3.63, 3.8) is 0 Å². The van der Waals surface area contributed by atoms with Crippen LogP contribution < -0.4 is 5.73 Å². The summed E-state index contributed by atoms with van der Waals surface area (Å²) in [6.07, 6.45) is 6.23. The van der Waals surface area contributed by atoms with Crippen molar-refractivity contribution < 1.29 is 4.52 Å². The maximum Gasteiger partial charge on any atom is 0.276 e. The van der Waals surface area contributed by atoms with Gasteiger partial charge in [-0.05, 0) is 12.1 Å². The van der Waals surface area contributed by atoms with Gasteiger partial charge in [-0.25, -0.2) is 9.97 Å². The van der Waals surface area contributed by atoms with Gasteiger partial charge in [0.1, 0.15) is 11.4 Å². The normalized spacial score (nSPS) is 10.4. The van der Waals surface area contributed by atoms with Gasteiger partial charge < -0.3 is 10.3 Å². The first-order chi connectivity index (χ1) is 8.83. The molecule has 3 aromatic heterocycles. The number of hydrogen-bond acceptors (Lipinski definition) is 7. The number of aromatic nitrogens is 5. The van der Waals surface area contributed by atoms with Crippen molar-refractivity contribution in [3.8, 4) is 23.1 Å². The van der Waals surface area contributed by atoms with Gasteiger partial charge in [0.2, 0.25) is 5.82 Å². The standard InChI is InChI=1S/C11H8N6O/c12-7-1-2-8(15-5-7)11-16-10(17-18-11)9-6-13-3-4-14-9/h1-6H,12H2. The van der Waals surface area contributed by atoms with Crippen molar-refractivity contribution in [2.75, 3.05) is 5.73 Å². The van der Waals surface area contributed by atoms with Crippen LogP contribution in [0.5, 0.6) is 0 Å². The van der Waals surface area contributed by atoms with Crippen molar-refractivity contribution in [2.24, 2.45) is 0 Å². The predicted molar refractivity (Wildman–Crippen MR) is 63.0 cm³/mol. The maximum atomic E-state index is 5.55. The Morgan fingerprint density at radius 1 is 1.00 bits per heavy atom. The van der Waals surface area contributed by atoms with Crippen molar-refractivity contribution in [3.05, 3.63) is 36.9 Å². The lowest BCUT2D eigenvalue weighted by Crippen LogP contribution is -1.89. The van der Waals surface area contributed by atoms with Gasteiger partial charge in [-0.1, -0.05) is 5.16 Å². The van der Waals surface area contributed by atoms with Crippen LogP contribution in [-0.4, -0.2) is 25.1 Å². The highest BCUT2D eigenvalue weighted by molar-refractivity contribution is 5.54. The third-order valence-electron chi connectivity index (χ3n) is 2.22. The lowest BCUT2D eigenvalue weighted by atomic mass is 10.3. The second-order valence-corrected chi connectivity index (χ2v) is 3.49. The number of rotatable bonds is 2. The summed E-state index contributed by atoms with van der Waals surface area (Å²) in [6.45, 7) is 0. The zero-order chi connectivity index (χ0) is 12.4. The number of pyridine rings is 1. The third-order valence-corrected chi connectivity index (χ3v) is 2.22. The minimum atomic E-state index is 0.315. The smallest absolute Gasteiger partial charge is 0.276 e. The molecule has 3 heterocycles.